The normalized spacial score (nSPS) is 14.8. The molecular formula is C15H16N6S. The molecule has 4 heterocycles. The van der Waals surface area contributed by atoms with E-state index >= 15 is 0 Å². The third-order valence-corrected chi connectivity index (χ3v) is 4.60. The lowest BCUT2D eigenvalue weighted by Gasteiger charge is -2.19. The van der Waals surface area contributed by atoms with Crippen LogP contribution in [-0.2, 0) is 13.1 Å². The van der Waals surface area contributed by atoms with Gasteiger partial charge in [-0.2, -0.15) is 0 Å². The van der Waals surface area contributed by atoms with Gasteiger partial charge >= 0.3 is 0 Å². The lowest BCUT2D eigenvalue weighted by atomic mass is 10.4. The summed E-state index contributed by atoms with van der Waals surface area (Å²) in [5, 5.41) is 2.97. The predicted molar refractivity (Wildman–Crippen MR) is 87.1 cm³/mol. The third kappa shape index (κ3) is 2.18. The lowest BCUT2D eigenvalue weighted by molar-refractivity contribution is 0.429. The highest BCUT2D eigenvalue weighted by Crippen LogP contribution is 2.20. The molecule has 4 rings (SSSR count). The molecule has 0 saturated heterocycles. The first kappa shape index (κ1) is 13.4. The largest absolute Gasteiger partial charge is 0.345 e. The van der Waals surface area contributed by atoms with Crippen LogP contribution in [0.1, 0.15) is 17.8 Å². The van der Waals surface area contributed by atoms with Gasteiger partial charge in [0.25, 0.3) is 0 Å². The number of fused-ring (bicyclic) bond motifs is 1. The van der Waals surface area contributed by atoms with Gasteiger partial charge in [-0.15, -0.1) is 11.3 Å². The zero-order valence-electron chi connectivity index (χ0n) is 12.3. The van der Waals surface area contributed by atoms with Crippen LogP contribution in [-0.4, -0.2) is 43.3 Å². The maximum Gasteiger partial charge on any atom is 0.161 e. The van der Waals surface area contributed by atoms with Gasteiger partial charge in [0.05, 0.1) is 24.8 Å². The van der Waals surface area contributed by atoms with Gasteiger partial charge in [0.15, 0.2) is 10.8 Å². The van der Waals surface area contributed by atoms with Crippen LogP contribution in [0.15, 0.2) is 35.0 Å². The van der Waals surface area contributed by atoms with E-state index in [-0.39, 0.29) is 0 Å². The molecular weight excluding hydrogens is 296 g/mol. The van der Waals surface area contributed by atoms with Gasteiger partial charge in [0.1, 0.15) is 11.3 Å². The fourth-order valence-corrected chi connectivity index (χ4v) is 3.52. The number of pyridine rings is 1. The van der Waals surface area contributed by atoms with Gasteiger partial charge in [0.2, 0.25) is 0 Å². The first-order valence-electron chi connectivity index (χ1n) is 7.35. The van der Waals surface area contributed by atoms with Crippen molar-refractivity contribution in [3.63, 3.8) is 0 Å². The van der Waals surface area contributed by atoms with E-state index in [1.807, 2.05) is 30.0 Å². The summed E-state index contributed by atoms with van der Waals surface area (Å²) in [6.07, 6.45) is 5.47. The van der Waals surface area contributed by atoms with Crippen LogP contribution in [0.25, 0.3) is 11.0 Å². The molecule has 0 amide bonds. The van der Waals surface area contributed by atoms with Crippen molar-refractivity contribution in [1.82, 2.24) is 24.4 Å². The van der Waals surface area contributed by atoms with Crippen LogP contribution in [0.3, 0.4) is 0 Å². The Balaban J connectivity index is 1.68. The van der Waals surface area contributed by atoms with Crippen molar-refractivity contribution in [2.45, 2.75) is 20.0 Å². The zero-order chi connectivity index (χ0) is 14.9. The molecule has 0 saturated carbocycles. The second-order valence-electron chi connectivity index (χ2n) is 5.10. The molecule has 3 aromatic rings. The van der Waals surface area contributed by atoms with Gasteiger partial charge < -0.3 is 9.47 Å². The van der Waals surface area contributed by atoms with Crippen LogP contribution in [0, 0.1) is 0 Å². The molecule has 1 aliphatic heterocycles. The molecule has 3 aromatic heterocycles. The molecule has 0 radical (unpaired) electrons. The van der Waals surface area contributed by atoms with E-state index in [9.17, 15) is 0 Å². The number of hydrogen-bond donors (Lipinski definition) is 0. The van der Waals surface area contributed by atoms with Gasteiger partial charge in [-0.1, -0.05) is 0 Å². The van der Waals surface area contributed by atoms with Crippen molar-refractivity contribution >= 4 is 28.2 Å². The Morgan fingerprint density at radius 1 is 1.32 bits per heavy atom. The van der Waals surface area contributed by atoms with E-state index in [4.69, 9.17) is 4.98 Å². The topological polar surface area (TPSA) is 59.2 Å². The number of amidine groups is 1. The van der Waals surface area contributed by atoms with Crippen molar-refractivity contribution in [1.29, 1.82) is 0 Å². The molecule has 0 N–H and O–H groups in total. The van der Waals surface area contributed by atoms with Gasteiger partial charge in [-0.05, 0) is 13.0 Å². The number of thiazole rings is 1. The Labute approximate surface area is 132 Å². The molecule has 6 nitrogen and oxygen atoms in total. The van der Waals surface area contributed by atoms with Crippen molar-refractivity contribution in [2.24, 2.45) is 4.99 Å². The number of aryl methyl sites for hydroxylation is 1. The molecule has 0 bridgehead atoms. The first-order valence-corrected chi connectivity index (χ1v) is 8.23. The van der Waals surface area contributed by atoms with Crippen molar-refractivity contribution in [2.75, 3.05) is 13.1 Å². The van der Waals surface area contributed by atoms with Gasteiger partial charge in [-0.25, -0.2) is 9.97 Å². The van der Waals surface area contributed by atoms with E-state index in [1.54, 1.807) is 11.3 Å². The van der Waals surface area contributed by atoms with E-state index in [1.165, 1.54) is 0 Å². The van der Waals surface area contributed by atoms with Crippen LogP contribution in [0.4, 0.5) is 0 Å². The van der Waals surface area contributed by atoms with Crippen LogP contribution < -0.4 is 0 Å². The number of aromatic nitrogens is 4. The zero-order valence-corrected chi connectivity index (χ0v) is 13.1. The van der Waals surface area contributed by atoms with E-state index < -0.39 is 0 Å². The molecule has 0 aliphatic carbocycles. The minimum absolute atomic E-state index is 0.751. The predicted octanol–water partition coefficient (Wildman–Crippen LogP) is 2.17. The smallest absolute Gasteiger partial charge is 0.161 e. The molecule has 0 unspecified atom stereocenters. The number of hydrogen-bond acceptors (Lipinski definition) is 6. The second kappa shape index (κ2) is 5.49. The Morgan fingerprint density at radius 3 is 3.09 bits per heavy atom. The third-order valence-electron chi connectivity index (χ3n) is 3.83. The quantitative estimate of drug-likeness (QED) is 0.741. The maximum absolute atomic E-state index is 4.75. The molecule has 0 aromatic carbocycles. The van der Waals surface area contributed by atoms with Gasteiger partial charge in [-0.3, -0.25) is 9.98 Å². The van der Waals surface area contributed by atoms with E-state index in [0.29, 0.717) is 0 Å². The maximum atomic E-state index is 4.75. The SMILES string of the molecule is CCn1c(CN2CCN=C2c2nccs2)nc2cnccc21. The summed E-state index contributed by atoms with van der Waals surface area (Å²) in [6.45, 7) is 5.53. The summed E-state index contributed by atoms with van der Waals surface area (Å²) in [5.74, 6) is 2.04. The fourth-order valence-electron chi connectivity index (χ4n) is 2.85. The molecule has 7 heteroatoms. The summed E-state index contributed by atoms with van der Waals surface area (Å²) in [5.41, 5.74) is 2.09. The van der Waals surface area contributed by atoms with Crippen LogP contribution >= 0.6 is 11.3 Å². The Hall–Kier alpha value is -2.28. The number of imidazole rings is 1. The van der Waals surface area contributed by atoms with Crippen LogP contribution in [0.2, 0.25) is 0 Å². The Kier molecular flexibility index (Phi) is 3.34. The minimum atomic E-state index is 0.751. The van der Waals surface area contributed by atoms with Gasteiger partial charge in [0, 0.05) is 30.9 Å². The molecule has 22 heavy (non-hydrogen) atoms. The minimum Gasteiger partial charge on any atom is -0.345 e. The Bertz CT molecular complexity index is 820. The highest BCUT2D eigenvalue weighted by Gasteiger charge is 2.23. The average Bonchev–Trinajstić information content (AvgIpc) is 3.26. The lowest BCUT2D eigenvalue weighted by Crippen LogP contribution is -2.29. The molecule has 0 fully saturated rings. The van der Waals surface area contributed by atoms with Crippen molar-refractivity contribution < 1.29 is 0 Å². The monoisotopic (exact) mass is 312 g/mol. The highest BCUT2D eigenvalue weighted by atomic mass is 32.1. The molecule has 0 spiro atoms. The standard InChI is InChI=1S/C15H16N6S/c1-2-21-12-3-4-16-9-11(12)19-13(21)10-20-7-5-17-14(20)15-18-6-8-22-15/h3-4,6,8-9H,2,5,7,10H2,1H3. The van der Waals surface area contributed by atoms with E-state index in [2.05, 4.69) is 31.4 Å². The fraction of sp³-hybridized carbons (Fsp3) is 0.333. The number of nitrogens with zero attached hydrogens (tertiary/aromatic N) is 6. The summed E-state index contributed by atoms with van der Waals surface area (Å²) in [4.78, 5) is 20.2. The van der Waals surface area contributed by atoms with Crippen molar-refractivity contribution in [3.05, 3.63) is 40.9 Å². The van der Waals surface area contributed by atoms with Crippen molar-refractivity contribution in [3.8, 4) is 0 Å². The summed E-state index contributed by atoms with van der Waals surface area (Å²) in [6, 6.07) is 2.02. The van der Waals surface area contributed by atoms with Crippen LogP contribution in [0.5, 0.6) is 0 Å². The number of rotatable bonds is 4. The summed E-state index contributed by atoms with van der Waals surface area (Å²) >= 11 is 1.63. The molecule has 1 aliphatic rings. The summed E-state index contributed by atoms with van der Waals surface area (Å²) < 4.78 is 2.24. The summed E-state index contributed by atoms with van der Waals surface area (Å²) in [7, 11) is 0. The second-order valence-corrected chi connectivity index (χ2v) is 6.00. The molecule has 0 atom stereocenters. The number of aliphatic imine (C=N–C) groups is 1. The molecule has 112 valence electrons. The Morgan fingerprint density at radius 2 is 2.27 bits per heavy atom. The average molecular weight is 312 g/mol. The van der Waals surface area contributed by atoms with E-state index in [0.717, 1.165) is 53.9 Å². The first-order chi connectivity index (χ1) is 10.9. The highest BCUT2D eigenvalue weighted by molar-refractivity contribution is 7.11.